The van der Waals surface area contributed by atoms with Gasteiger partial charge in [0.15, 0.2) is 0 Å². The number of benzene rings is 2. The van der Waals surface area contributed by atoms with E-state index in [4.69, 9.17) is 4.74 Å². The number of hydrogen-bond acceptors (Lipinski definition) is 3. The molecule has 1 saturated carbocycles. The van der Waals surface area contributed by atoms with Crippen LogP contribution in [0.2, 0.25) is 0 Å². The predicted molar refractivity (Wildman–Crippen MR) is 104 cm³/mol. The molecule has 2 N–H and O–H groups in total. The lowest BCUT2D eigenvalue weighted by Gasteiger charge is -2.36. The van der Waals surface area contributed by atoms with Gasteiger partial charge in [0.05, 0.1) is 0 Å². The first-order valence-corrected chi connectivity index (χ1v) is 9.46. The molecule has 0 atom stereocenters. The maximum absolute atomic E-state index is 12.8. The summed E-state index contributed by atoms with van der Waals surface area (Å²) in [4.78, 5) is 24.5. The first-order chi connectivity index (χ1) is 13.1. The summed E-state index contributed by atoms with van der Waals surface area (Å²) in [5, 5.41) is 5.90. The highest BCUT2D eigenvalue weighted by Crippen LogP contribution is 2.29. The van der Waals surface area contributed by atoms with E-state index < -0.39 is 5.54 Å². The van der Waals surface area contributed by atoms with E-state index in [1.807, 2.05) is 54.6 Å². The Labute approximate surface area is 160 Å². The number of carbonyl (C=O) groups is 2. The molecule has 27 heavy (non-hydrogen) atoms. The quantitative estimate of drug-likeness (QED) is 0.814. The number of ether oxygens (including phenoxy) is 1. The van der Waals surface area contributed by atoms with Crippen LogP contribution in [0.15, 0.2) is 54.6 Å². The summed E-state index contributed by atoms with van der Waals surface area (Å²) in [7, 11) is 0. The summed E-state index contributed by atoms with van der Waals surface area (Å²) in [6.45, 7) is 1.86. The standard InChI is InChI=1S/C22H26N2O3/c1-17(25)24-22(13-6-3-7-14-22)21(26)23-16-18-9-8-12-20(15-18)27-19-10-4-2-5-11-19/h2,4-5,8-12,15H,3,6-7,13-14,16H2,1H3,(H,23,26)(H,24,25). The second kappa shape index (κ2) is 8.71. The molecule has 0 saturated heterocycles. The molecule has 1 aliphatic carbocycles. The van der Waals surface area contributed by atoms with Crippen LogP contribution in [-0.4, -0.2) is 17.4 Å². The summed E-state index contributed by atoms with van der Waals surface area (Å²) in [5.74, 6) is 1.23. The highest BCUT2D eigenvalue weighted by atomic mass is 16.5. The van der Waals surface area contributed by atoms with Crippen LogP contribution >= 0.6 is 0 Å². The molecular formula is C22H26N2O3. The van der Waals surface area contributed by atoms with Crippen LogP contribution in [0.1, 0.15) is 44.6 Å². The second-order valence-electron chi connectivity index (χ2n) is 7.07. The Kier molecular flexibility index (Phi) is 6.12. The molecule has 0 heterocycles. The van der Waals surface area contributed by atoms with Crippen molar-refractivity contribution in [1.82, 2.24) is 10.6 Å². The van der Waals surface area contributed by atoms with E-state index >= 15 is 0 Å². The number of hydrogen-bond donors (Lipinski definition) is 2. The molecule has 5 heteroatoms. The lowest BCUT2D eigenvalue weighted by Crippen LogP contribution is -2.59. The Hall–Kier alpha value is -2.82. The van der Waals surface area contributed by atoms with Crippen molar-refractivity contribution < 1.29 is 14.3 Å². The lowest BCUT2D eigenvalue weighted by molar-refractivity contribution is -0.134. The Morgan fingerprint density at radius 2 is 1.67 bits per heavy atom. The van der Waals surface area contributed by atoms with Crippen molar-refractivity contribution in [1.29, 1.82) is 0 Å². The molecule has 0 spiro atoms. The number of amides is 2. The summed E-state index contributed by atoms with van der Waals surface area (Å²) in [6, 6.07) is 17.2. The molecule has 2 aromatic carbocycles. The lowest BCUT2D eigenvalue weighted by atomic mass is 9.80. The summed E-state index contributed by atoms with van der Waals surface area (Å²) < 4.78 is 5.84. The number of carbonyl (C=O) groups excluding carboxylic acids is 2. The minimum Gasteiger partial charge on any atom is -0.457 e. The van der Waals surface area contributed by atoms with Crippen molar-refractivity contribution in [3.63, 3.8) is 0 Å². The summed E-state index contributed by atoms with van der Waals surface area (Å²) >= 11 is 0. The van der Waals surface area contributed by atoms with Gasteiger partial charge in [0.1, 0.15) is 17.0 Å². The fourth-order valence-electron chi connectivity index (χ4n) is 3.60. The Balaban J connectivity index is 1.64. The molecule has 0 unspecified atom stereocenters. The number of para-hydroxylation sites is 1. The van der Waals surface area contributed by atoms with Crippen LogP contribution in [0.4, 0.5) is 0 Å². The van der Waals surface area contributed by atoms with Crippen molar-refractivity contribution in [3.8, 4) is 11.5 Å². The van der Waals surface area contributed by atoms with Crippen molar-refractivity contribution >= 4 is 11.8 Å². The van der Waals surface area contributed by atoms with Crippen molar-refractivity contribution in [2.24, 2.45) is 0 Å². The number of rotatable bonds is 6. The van der Waals surface area contributed by atoms with E-state index in [0.29, 0.717) is 19.4 Å². The van der Waals surface area contributed by atoms with E-state index in [9.17, 15) is 9.59 Å². The third kappa shape index (κ3) is 5.09. The van der Waals surface area contributed by atoms with Gasteiger partial charge in [-0.1, -0.05) is 49.6 Å². The maximum atomic E-state index is 12.8. The molecule has 3 rings (SSSR count). The molecular weight excluding hydrogens is 340 g/mol. The first-order valence-electron chi connectivity index (χ1n) is 9.46. The van der Waals surface area contributed by atoms with E-state index in [-0.39, 0.29) is 11.8 Å². The van der Waals surface area contributed by atoms with Crippen molar-refractivity contribution in [2.75, 3.05) is 0 Å². The van der Waals surface area contributed by atoms with Crippen LogP contribution < -0.4 is 15.4 Å². The average Bonchev–Trinajstić information content (AvgIpc) is 2.67. The fraction of sp³-hybridized carbons (Fsp3) is 0.364. The highest BCUT2D eigenvalue weighted by Gasteiger charge is 2.39. The van der Waals surface area contributed by atoms with Crippen LogP contribution in [0.25, 0.3) is 0 Å². The first kappa shape index (κ1) is 19.0. The zero-order valence-corrected chi connectivity index (χ0v) is 15.7. The number of nitrogens with one attached hydrogen (secondary N) is 2. The summed E-state index contributed by atoms with van der Waals surface area (Å²) in [5.41, 5.74) is 0.174. The second-order valence-corrected chi connectivity index (χ2v) is 7.07. The minimum absolute atomic E-state index is 0.105. The smallest absolute Gasteiger partial charge is 0.246 e. The molecule has 0 bridgehead atoms. The molecule has 0 aliphatic heterocycles. The molecule has 2 amide bonds. The van der Waals surface area contributed by atoms with Crippen molar-refractivity contribution in [3.05, 3.63) is 60.2 Å². The van der Waals surface area contributed by atoms with E-state index in [2.05, 4.69) is 10.6 Å². The monoisotopic (exact) mass is 366 g/mol. The van der Waals surface area contributed by atoms with Crippen LogP contribution in [0.3, 0.4) is 0 Å². The van der Waals surface area contributed by atoms with E-state index in [1.54, 1.807) is 0 Å². The van der Waals surface area contributed by atoms with Gasteiger partial charge in [-0.05, 0) is 42.7 Å². The molecule has 142 valence electrons. The van der Waals surface area contributed by atoms with Gasteiger partial charge in [-0.3, -0.25) is 9.59 Å². The molecule has 1 aliphatic rings. The third-order valence-electron chi connectivity index (χ3n) is 4.89. The predicted octanol–water partition coefficient (Wildman–Crippen LogP) is 3.93. The Bertz CT molecular complexity index is 783. The van der Waals surface area contributed by atoms with Gasteiger partial charge in [0.2, 0.25) is 11.8 Å². The molecule has 1 fully saturated rings. The van der Waals surface area contributed by atoms with Gasteiger partial charge < -0.3 is 15.4 Å². The Morgan fingerprint density at radius 3 is 2.37 bits per heavy atom. The average molecular weight is 366 g/mol. The van der Waals surface area contributed by atoms with Crippen LogP contribution in [0.5, 0.6) is 11.5 Å². The maximum Gasteiger partial charge on any atom is 0.246 e. The fourth-order valence-corrected chi connectivity index (χ4v) is 3.60. The zero-order chi connectivity index (χ0) is 19.1. The minimum atomic E-state index is -0.776. The highest BCUT2D eigenvalue weighted by molar-refractivity contribution is 5.91. The topological polar surface area (TPSA) is 67.4 Å². The molecule has 2 aromatic rings. The van der Waals surface area contributed by atoms with Gasteiger partial charge in [-0.15, -0.1) is 0 Å². The van der Waals surface area contributed by atoms with Gasteiger partial charge in [-0.25, -0.2) is 0 Å². The SMILES string of the molecule is CC(=O)NC1(C(=O)NCc2cccc(Oc3ccccc3)c2)CCCCC1. The molecule has 0 aromatic heterocycles. The Morgan fingerprint density at radius 1 is 0.963 bits per heavy atom. The van der Waals surface area contributed by atoms with Gasteiger partial charge in [0, 0.05) is 13.5 Å². The normalized spacial score (nSPS) is 15.6. The van der Waals surface area contributed by atoms with Gasteiger partial charge >= 0.3 is 0 Å². The van der Waals surface area contributed by atoms with Crippen LogP contribution in [0, 0.1) is 0 Å². The van der Waals surface area contributed by atoms with Gasteiger partial charge in [-0.2, -0.15) is 0 Å². The summed E-state index contributed by atoms with van der Waals surface area (Å²) in [6.07, 6.45) is 4.39. The van der Waals surface area contributed by atoms with E-state index in [1.165, 1.54) is 6.92 Å². The van der Waals surface area contributed by atoms with Crippen molar-refractivity contribution in [2.45, 2.75) is 51.1 Å². The van der Waals surface area contributed by atoms with Gasteiger partial charge in [0.25, 0.3) is 0 Å². The van der Waals surface area contributed by atoms with E-state index in [0.717, 1.165) is 36.3 Å². The molecule has 0 radical (unpaired) electrons. The zero-order valence-electron chi connectivity index (χ0n) is 15.7. The largest absolute Gasteiger partial charge is 0.457 e. The third-order valence-corrected chi connectivity index (χ3v) is 4.89. The van der Waals surface area contributed by atoms with Crippen LogP contribution in [-0.2, 0) is 16.1 Å². The molecule has 5 nitrogen and oxygen atoms in total.